The van der Waals surface area contributed by atoms with Crippen LogP contribution in [0.1, 0.15) is 162 Å². The molecule has 3 aromatic carbocycles. The number of aryl methyl sites for hydroxylation is 3. The number of hydrogen-bond acceptors (Lipinski definition) is 27. The molecule has 6 fully saturated rings. The Morgan fingerprint density at radius 2 is 0.877 bits per heavy atom. The van der Waals surface area contributed by atoms with E-state index in [2.05, 4.69) is 112 Å². The van der Waals surface area contributed by atoms with Crippen molar-refractivity contribution >= 4 is 93.0 Å². The Morgan fingerprint density at radius 3 is 1.34 bits per heavy atom. The number of carboxylic acid groups (broad SMARTS) is 3. The van der Waals surface area contributed by atoms with Gasteiger partial charge in [-0.1, -0.05) is 97.1 Å². The molecule has 42 heteroatoms. The number of aromatic nitrogens is 19. The number of fused-ring (bicyclic) bond motifs is 6. The fraction of sp³-hybridized carbons (Fsp3) is 0.388. The quantitative estimate of drug-likeness (QED) is 0.0218. The number of H-pyrrole nitrogens is 3. The first-order valence-corrected chi connectivity index (χ1v) is 40.0. The molecule has 6 amide bonds. The van der Waals surface area contributed by atoms with Gasteiger partial charge in [-0.2, -0.15) is 10.3 Å². The highest BCUT2D eigenvalue weighted by Gasteiger charge is 2.56. The number of hydrogen-bond donors (Lipinski definition) is 12. The van der Waals surface area contributed by atoms with Crippen molar-refractivity contribution in [1.29, 1.82) is 0 Å². The zero-order chi connectivity index (χ0) is 84.3. The molecule has 1 aliphatic carbocycles. The predicted octanol–water partition coefficient (Wildman–Crippen LogP) is 8.78. The van der Waals surface area contributed by atoms with E-state index in [-0.39, 0.29) is 77.2 Å². The summed E-state index contributed by atoms with van der Waals surface area (Å²) in [7, 11) is 0. The second-order valence-electron chi connectivity index (χ2n) is 29.2. The summed E-state index contributed by atoms with van der Waals surface area (Å²) >= 11 is 0. The number of nitrogens with zero attached hydrogens (tertiary/aromatic N) is 16. The standard InChI is InChI=1S/C29H32N8O5.C26H28N8O6.C25H27N9O6/c1-2-30-29(40)36-26-23-27(34-15-33-26)37(16-35-23)20-13-18(9-6-10-19-22(28(38)39)32-14-31-19)24-25(20)42-21(41-24)12-11-17-7-4-3-5-8-17;1-2-27-26(37)33-21-18-22(31-12-30-21)34(13-32-18)23-20-19(39-25(40-20)14-7-4-3-5-8-14)16(38-23)10-6-9-15-17(24(35)36)29-11-28-15;1-2-26-25(37)30-20-17-21(28-11-27-20)34(12-29-17)22-19-18(39-24(40-19)13-7-4-3-5-8-13)15(38-22)10-6-9-14-16(23(35)36)32-33-31-14/h3-5,7-8,11-12,14-16,18,20-21,24-25H,2,6,9-10,13H2,1H3,(H,31,32)(H,38,39)(H2,30,33,34,36,40);3-5,7-8,11-13,16,19-20,23,25H,2,6,9-10H2,1H3,(H,28,29)(H,35,36)(H2,27,30,31,33,37);3-5,7-8,11-12,15,18-19,22,24H,2,6,9-10H2,1H3,(H,35,36)(H,31,32,33)(H2,26,27,28,30,37)/b12-11+;;/t18?,20?,21-,24?,25?;16?,19?,20?,23?,25-;15?,18?,19?,22?,24-/m000/s1. The number of aromatic carboxylic acids is 3. The van der Waals surface area contributed by atoms with Gasteiger partial charge in [0.05, 0.1) is 61.7 Å². The SMILES string of the molecule is CCNC(=O)Nc1ncnc2c1ncn2C1CC(CCCc2[nH]cnc2C(=O)O)C2O[C@H](/C=C/c3ccccc3)OC21.CCNC(=O)Nc1ncnc2c1ncn2C1OC(CCCc2[nH]cnc2C(=O)O)C2O[C@H](c3ccccc3)OC21.CCNC(=O)Nc1ncnc2c1ncn2C1OC(CCCc2n[nH]nc2C(=O)O)C2O[C@H](c3ccccc3)OC21. The summed E-state index contributed by atoms with van der Waals surface area (Å²) in [4.78, 5) is 124. The van der Waals surface area contributed by atoms with Gasteiger partial charge in [-0.25, -0.2) is 83.6 Å². The molecule has 5 aliphatic heterocycles. The van der Waals surface area contributed by atoms with E-state index in [0.29, 0.717) is 121 Å². The fourth-order valence-electron chi connectivity index (χ4n) is 16.1. The summed E-state index contributed by atoms with van der Waals surface area (Å²) in [6.07, 6.45) is 16.1. The normalized spacial score (nSPS) is 23.6. The second kappa shape index (κ2) is 37.4. The summed E-state index contributed by atoms with van der Waals surface area (Å²) in [6, 6.07) is 28.0. The number of carbonyl (C=O) groups is 6. The topological polar surface area (TPSA) is 539 Å². The van der Waals surface area contributed by atoms with Crippen molar-refractivity contribution < 1.29 is 82.0 Å². The number of aromatic amines is 3. The van der Waals surface area contributed by atoms with Gasteiger partial charge in [-0.3, -0.25) is 25.1 Å². The highest BCUT2D eigenvalue weighted by molar-refractivity contribution is 5.98. The molecule has 0 bridgehead atoms. The number of ether oxygens (including phenoxy) is 8. The zero-order valence-corrected chi connectivity index (χ0v) is 66.0. The molecule has 14 heterocycles. The van der Waals surface area contributed by atoms with E-state index in [4.69, 9.17) is 37.9 Å². The molecular formula is C80H87N25O17. The number of nitrogens with one attached hydrogen (secondary N) is 9. The molecule has 122 heavy (non-hydrogen) atoms. The van der Waals surface area contributed by atoms with Crippen molar-refractivity contribution in [3.63, 3.8) is 0 Å². The van der Waals surface area contributed by atoms with Crippen LogP contribution < -0.4 is 31.9 Å². The number of amides is 6. The first-order chi connectivity index (χ1) is 59.6. The molecule has 12 unspecified atom stereocenters. The van der Waals surface area contributed by atoms with Gasteiger partial charge in [0.15, 0.2) is 99.4 Å². The van der Waals surface area contributed by atoms with Crippen LogP contribution in [0, 0.1) is 5.92 Å². The maximum atomic E-state index is 12.2. The molecule has 634 valence electrons. The van der Waals surface area contributed by atoms with Gasteiger partial charge in [-0.15, -0.1) is 5.10 Å². The minimum Gasteiger partial charge on any atom is -0.476 e. The third kappa shape index (κ3) is 17.9. The number of carboxylic acids is 3. The van der Waals surface area contributed by atoms with Crippen LogP contribution in [0.4, 0.5) is 31.8 Å². The van der Waals surface area contributed by atoms with Crippen LogP contribution >= 0.6 is 0 Å². The summed E-state index contributed by atoms with van der Waals surface area (Å²) < 4.78 is 57.0. The van der Waals surface area contributed by atoms with Crippen LogP contribution in [0.5, 0.6) is 0 Å². The monoisotopic (exact) mass is 1670 g/mol. The van der Waals surface area contributed by atoms with E-state index in [1.165, 1.54) is 31.6 Å². The Morgan fingerprint density at radius 1 is 0.451 bits per heavy atom. The molecule has 1 saturated carbocycles. The smallest absolute Gasteiger partial charge is 0.358 e. The Labute approximate surface area is 693 Å². The molecule has 12 aromatic rings. The lowest BCUT2D eigenvalue weighted by molar-refractivity contribution is -0.148. The minimum absolute atomic E-state index is 0.0225. The van der Waals surface area contributed by atoms with Gasteiger partial charge < -0.3 is 83.7 Å². The van der Waals surface area contributed by atoms with Crippen LogP contribution in [0.25, 0.3) is 39.6 Å². The van der Waals surface area contributed by atoms with E-state index in [1.807, 2.05) is 128 Å². The molecule has 5 saturated heterocycles. The number of imidazole rings is 5. The van der Waals surface area contributed by atoms with Gasteiger partial charge in [0.2, 0.25) is 0 Å². The van der Waals surface area contributed by atoms with Gasteiger partial charge in [0, 0.05) is 42.1 Å². The van der Waals surface area contributed by atoms with Crippen molar-refractivity contribution in [2.24, 2.45) is 5.92 Å². The summed E-state index contributed by atoms with van der Waals surface area (Å²) in [5.74, 6) is -2.21. The summed E-state index contributed by atoms with van der Waals surface area (Å²) in [5.41, 5.74) is 7.22. The lowest BCUT2D eigenvalue weighted by Crippen LogP contribution is -2.29. The first-order valence-electron chi connectivity index (χ1n) is 40.0. The largest absolute Gasteiger partial charge is 0.476 e. The molecule has 18 rings (SSSR count). The second-order valence-corrected chi connectivity index (χ2v) is 29.2. The van der Waals surface area contributed by atoms with Gasteiger partial charge >= 0.3 is 36.0 Å². The highest BCUT2D eigenvalue weighted by Crippen LogP contribution is 2.50. The predicted molar refractivity (Wildman–Crippen MR) is 429 cm³/mol. The van der Waals surface area contributed by atoms with E-state index in [1.54, 1.807) is 28.1 Å². The average molecular weight is 1670 g/mol. The lowest BCUT2D eigenvalue weighted by Gasteiger charge is -2.21. The van der Waals surface area contributed by atoms with Crippen molar-refractivity contribution in [2.45, 2.75) is 171 Å². The third-order valence-electron chi connectivity index (χ3n) is 21.6. The number of anilines is 3. The van der Waals surface area contributed by atoms with Crippen LogP contribution in [0.2, 0.25) is 0 Å². The maximum absolute atomic E-state index is 12.2. The Hall–Kier alpha value is -13.5. The fourth-order valence-corrected chi connectivity index (χ4v) is 16.1. The summed E-state index contributed by atoms with van der Waals surface area (Å²) in [5, 5.41) is 54.3. The van der Waals surface area contributed by atoms with E-state index >= 15 is 0 Å². The van der Waals surface area contributed by atoms with Crippen molar-refractivity contribution in [3.8, 4) is 0 Å². The van der Waals surface area contributed by atoms with Crippen LogP contribution in [-0.4, -0.2) is 220 Å². The lowest BCUT2D eigenvalue weighted by atomic mass is 9.97. The third-order valence-corrected chi connectivity index (χ3v) is 21.6. The van der Waals surface area contributed by atoms with Gasteiger partial charge in [0.25, 0.3) is 0 Å². The van der Waals surface area contributed by atoms with E-state index < -0.39 is 79.6 Å². The van der Waals surface area contributed by atoms with Crippen LogP contribution in [-0.2, 0) is 57.2 Å². The van der Waals surface area contributed by atoms with Crippen molar-refractivity contribution in [3.05, 3.63) is 199 Å². The highest BCUT2D eigenvalue weighted by atomic mass is 16.8. The number of carbonyl (C=O) groups excluding carboxylic acids is 3. The Kier molecular flexibility index (Phi) is 25.2. The maximum Gasteiger partial charge on any atom is 0.358 e. The van der Waals surface area contributed by atoms with Crippen LogP contribution in [0.3, 0.4) is 0 Å². The molecule has 0 radical (unpaired) electrons. The molecule has 9 aromatic heterocycles. The van der Waals surface area contributed by atoms with E-state index in [9.17, 15) is 44.1 Å². The van der Waals surface area contributed by atoms with Gasteiger partial charge in [0.1, 0.15) is 49.5 Å². The number of urea groups is 3. The molecule has 6 aliphatic rings. The molecule has 12 N–H and O–H groups in total. The number of benzene rings is 3. The van der Waals surface area contributed by atoms with E-state index in [0.717, 1.165) is 36.0 Å². The molecule has 0 spiro atoms. The Balaban J connectivity index is 0.000000136. The molecule has 42 nitrogen and oxygen atoms in total. The van der Waals surface area contributed by atoms with Gasteiger partial charge in [-0.05, 0) is 103 Å². The molecular weight excluding hydrogens is 1580 g/mol. The van der Waals surface area contributed by atoms with Crippen molar-refractivity contribution in [2.75, 3.05) is 35.6 Å². The average Bonchev–Trinajstić information content (AvgIpc) is 1.60. The zero-order valence-electron chi connectivity index (χ0n) is 66.0. The number of rotatable bonds is 28. The first kappa shape index (κ1) is 82.2. The molecule has 15 atom stereocenters. The van der Waals surface area contributed by atoms with Crippen LogP contribution in [0.15, 0.2) is 148 Å². The minimum atomic E-state index is -1.13. The van der Waals surface area contributed by atoms with Crippen molar-refractivity contribution in [1.82, 2.24) is 110 Å². The Bertz CT molecular complexity index is 5470. The summed E-state index contributed by atoms with van der Waals surface area (Å²) in [6.45, 7) is 6.88.